The van der Waals surface area contributed by atoms with Crippen molar-refractivity contribution in [3.8, 4) is 44.5 Å². The molecule has 1 heteroatoms. The van der Waals surface area contributed by atoms with Crippen LogP contribution < -0.4 is 0 Å². The molecule has 1 aromatic heterocycles. The maximum absolute atomic E-state index is 4.44. The fourth-order valence-corrected chi connectivity index (χ4v) is 10.3. The van der Waals surface area contributed by atoms with E-state index in [-0.39, 0.29) is 5.92 Å². The van der Waals surface area contributed by atoms with E-state index in [1.165, 1.54) is 105 Å². The first-order valence-electron chi connectivity index (χ1n) is 17.6. The van der Waals surface area contributed by atoms with Crippen molar-refractivity contribution in [1.29, 1.82) is 0 Å². The SMILES string of the molecule is C1=C(c2c3c(cc4c2-c2ccccc2C42c4ccccc4-c4ccccc42)-c2cccc4cccc-3c24)C(c2ccncc2)c2ccccc21. The van der Waals surface area contributed by atoms with Crippen molar-refractivity contribution in [2.45, 2.75) is 11.3 Å². The van der Waals surface area contributed by atoms with Gasteiger partial charge in [0.15, 0.2) is 0 Å². The van der Waals surface area contributed by atoms with Crippen LogP contribution in [0.15, 0.2) is 164 Å². The van der Waals surface area contributed by atoms with Gasteiger partial charge in [-0.2, -0.15) is 0 Å². The van der Waals surface area contributed by atoms with E-state index < -0.39 is 5.41 Å². The number of benzene rings is 7. The van der Waals surface area contributed by atoms with E-state index in [0.717, 1.165) is 0 Å². The molecule has 7 aromatic carbocycles. The van der Waals surface area contributed by atoms with E-state index in [0.29, 0.717) is 0 Å². The lowest BCUT2D eigenvalue weighted by molar-refractivity contribution is 0.794. The first-order chi connectivity index (χ1) is 24.8. The number of fused-ring (bicyclic) bond motifs is 14. The van der Waals surface area contributed by atoms with Gasteiger partial charge in [0.25, 0.3) is 0 Å². The summed E-state index contributed by atoms with van der Waals surface area (Å²) >= 11 is 0. The average Bonchev–Trinajstić information content (AvgIpc) is 3.90. The van der Waals surface area contributed by atoms with Crippen LogP contribution in [0.1, 0.15) is 50.4 Å². The molecular weight excluding hydrogens is 603 g/mol. The third-order valence-corrected chi connectivity index (χ3v) is 12.0. The molecule has 50 heavy (non-hydrogen) atoms. The Kier molecular flexibility index (Phi) is 5.02. The van der Waals surface area contributed by atoms with Crippen LogP contribution in [-0.4, -0.2) is 4.98 Å². The summed E-state index contributed by atoms with van der Waals surface area (Å²) in [5.74, 6) is 0.0829. The highest BCUT2D eigenvalue weighted by Gasteiger charge is 2.53. The Morgan fingerprint density at radius 1 is 0.440 bits per heavy atom. The molecule has 0 amide bonds. The predicted octanol–water partition coefficient (Wildman–Crippen LogP) is 11.9. The van der Waals surface area contributed by atoms with Gasteiger partial charge in [0.05, 0.1) is 5.41 Å². The van der Waals surface area contributed by atoms with Gasteiger partial charge in [-0.05, 0) is 130 Å². The van der Waals surface area contributed by atoms with Crippen LogP contribution in [0.2, 0.25) is 0 Å². The smallest absolute Gasteiger partial charge is 0.0725 e. The second-order valence-electron chi connectivity index (χ2n) is 14.1. The highest BCUT2D eigenvalue weighted by molar-refractivity contribution is 6.21. The first kappa shape index (κ1) is 26.6. The number of allylic oxidation sites excluding steroid dienone is 1. The van der Waals surface area contributed by atoms with Crippen molar-refractivity contribution in [3.05, 3.63) is 209 Å². The van der Waals surface area contributed by atoms with Crippen LogP contribution in [0.25, 0.3) is 66.9 Å². The van der Waals surface area contributed by atoms with Crippen LogP contribution >= 0.6 is 0 Å². The van der Waals surface area contributed by atoms with Crippen molar-refractivity contribution in [2.75, 3.05) is 0 Å². The molecule has 230 valence electrons. The quantitative estimate of drug-likeness (QED) is 0.185. The molecule has 8 aromatic rings. The Morgan fingerprint density at radius 2 is 1.04 bits per heavy atom. The Morgan fingerprint density at radius 3 is 1.78 bits per heavy atom. The highest BCUT2D eigenvalue weighted by atomic mass is 14.6. The van der Waals surface area contributed by atoms with Crippen molar-refractivity contribution in [2.24, 2.45) is 0 Å². The van der Waals surface area contributed by atoms with E-state index in [9.17, 15) is 0 Å². The second kappa shape index (κ2) is 9.43. The maximum atomic E-state index is 4.44. The minimum absolute atomic E-state index is 0.0829. The van der Waals surface area contributed by atoms with Crippen LogP contribution in [0.3, 0.4) is 0 Å². The Hall–Kier alpha value is -6.31. The molecule has 0 N–H and O–H groups in total. The van der Waals surface area contributed by atoms with Gasteiger partial charge >= 0.3 is 0 Å². The summed E-state index contributed by atoms with van der Waals surface area (Å²) in [5.41, 5.74) is 22.5. The van der Waals surface area contributed by atoms with E-state index in [1.807, 2.05) is 12.4 Å². The number of nitrogens with zero attached hydrogens (tertiary/aromatic N) is 1. The molecule has 12 rings (SSSR count). The second-order valence-corrected chi connectivity index (χ2v) is 14.1. The molecule has 0 fully saturated rings. The van der Waals surface area contributed by atoms with Crippen molar-refractivity contribution < 1.29 is 0 Å². The molecule has 1 unspecified atom stereocenters. The number of hydrogen-bond acceptors (Lipinski definition) is 1. The largest absolute Gasteiger partial charge is 0.265 e. The highest BCUT2D eigenvalue weighted by Crippen LogP contribution is 2.67. The molecule has 4 aliphatic rings. The first-order valence-corrected chi connectivity index (χ1v) is 17.6. The third-order valence-electron chi connectivity index (χ3n) is 12.0. The fraction of sp³-hybridized carbons (Fsp3) is 0.0408. The van der Waals surface area contributed by atoms with Gasteiger partial charge in [-0.25, -0.2) is 0 Å². The predicted molar refractivity (Wildman–Crippen MR) is 205 cm³/mol. The molecule has 0 saturated heterocycles. The van der Waals surface area contributed by atoms with E-state index >= 15 is 0 Å². The molecule has 0 bridgehead atoms. The monoisotopic (exact) mass is 631 g/mol. The van der Waals surface area contributed by atoms with Gasteiger partial charge in [-0.3, -0.25) is 4.98 Å². The lowest BCUT2D eigenvalue weighted by Gasteiger charge is -2.31. The number of aromatic nitrogens is 1. The molecule has 1 atom stereocenters. The molecule has 4 aliphatic carbocycles. The van der Waals surface area contributed by atoms with Crippen molar-refractivity contribution in [3.63, 3.8) is 0 Å². The van der Waals surface area contributed by atoms with Crippen LogP contribution in [0.4, 0.5) is 0 Å². The summed E-state index contributed by atoms with van der Waals surface area (Å²) < 4.78 is 0. The normalized spacial score (nSPS) is 16.1. The molecule has 0 aliphatic heterocycles. The number of hydrogen-bond donors (Lipinski definition) is 0. The number of rotatable bonds is 2. The van der Waals surface area contributed by atoms with Gasteiger partial charge in [-0.15, -0.1) is 0 Å². The average molecular weight is 632 g/mol. The maximum Gasteiger partial charge on any atom is 0.0725 e. The summed E-state index contributed by atoms with van der Waals surface area (Å²) in [4.78, 5) is 4.44. The summed E-state index contributed by atoms with van der Waals surface area (Å²) in [5, 5.41) is 2.66. The van der Waals surface area contributed by atoms with Crippen molar-refractivity contribution >= 4 is 22.4 Å². The Labute approximate surface area is 290 Å². The van der Waals surface area contributed by atoms with Gasteiger partial charge < -0.3 is 0 Å². The summed E-state index contributed by atoms with van der Waals surface area (Å²) in [6, 6.07) is 57.2. The van der Waals surface area contributed by atoms with E-state index in [2.05, 4.69) is 163 Å². The molecule has 1 spiro atoms. The molecular formula is C49H29N. The number of pyridine rings is 1. The molecule has 1 nitrogen and oxygen atoms in total. The summed E-state index contributed by atoms with van der Waals surface area (Å²) in [6.07, 6.45) is 6.38. The zero-order valence-electron chi connectivity index (χ0n) is 27.2. The van der Waals surface area contributed by atoms with Crippen LogP contribution in [0.5, 0.6) is 0 Å². The lowest BCUT2D eigenvalue weighted by atomic mass is 9.69. The van der Waals surface area contributed by atoms with E-state index in [4.69, 9.17) is 0 Å². The van der Waals surface area contributed by atoms with Crippen molar-refractivity contribution in [1.82, 2.24) is 4.98 Å². The summed E-state index contributed by atoms with van der Waals surface area (Å²) in [7, 11) is 0. The lowest BCUT2D eigenvalue weighted by Crippen LogP contribution is -2.26. The summed E-state index contributed by atoms with van der Waals surface area (Å²) in [6.45, 7) is 0. The van der Waals surface area contributed by atoms with E-state index in [1.54, 1.807) is 0 Å². The minimum atomic E-state index is -0.427. The molecule has 0 saturated carbocycles. The topological polar surface area (TPSA) is 12.9 Å². The van der Waals surface area contributed by atoms with Gasteiger partial charge in [0.2, 0.25) is 0 Å². The Bertz CT molecular complexity index is 2770. The van der Waals surface area contributed by atoms with Gasteiger partial charge in [0.1, 0.15) is 0 Å². The fourth-order valence-electron chi connectivity index (χ4n) is 10.3. The Balaban J connectivity index is 1.30. The standard InChI is InChI=1S/C49H29N/c1-2-14-32-31(11-1)27-39(44(32)30-23-25-50-26-24-30)48-46-37-19-10-13-29-12-9-18-35(45(29)37)38(46)28-43-47(48)36-17-5-8-22-42(36)49(43)40-20-6-3-15-33(40)34-16-4-7-21-41(34)49/h1-28,44H. The minimum Gasteiger partial charge on any atom is -0.265 e. The third kappa shape index (κ3) is 3.08. The molecule has 1 heterocycles. The zero-order chi connectivity index (χ0) is 32.6. The van der Waals surface area contributed by atoms with Gasteiger partial charge in [0, 0.05) is 18.3 Å². The van der Waals surface area contributed by atoms with Gasteiger partial charge in [-0.1, -0.05) is 133 Å². The molecule has 0 radical (unpaired) electrons. The van der Waals surface area contributed by atoms with Crippen LogP contribution in [0, 0.1) is 0 Å². The zero-order valence-corrected chi connectivity index (χ0v) is 27.2. The van der Waals surface area contributed by atoms with Crippen LogP contribution in [-0.2, 0) is 5.41 Å².